The van der Waals surface area contributed by atoms with Crippen LogP contribution in [-0.4, -0.2) is 62.0 Å². The van der Waals surface area contributed by atoms with Crippen molar-refractivity contribution in [3.05, 3.63) is 10.6 Å². The number of hydrogen-bond donors (Lipinski definition) is 3. The van der Waals surface area contributed by atoms with E-state index in [0.717, 1.165) is 37.7 Å². The van der Waals surface area contributed by atoms with Crippen molar-refractivity contribution in [2.24, 2.45) is 0 Å². The lowest BCUT2D eigenvalue weighted by molar-refractivity contribution is 0.0850. The number of aromatic nitrogens is 1. The maximum atomic E-state index is 12.4. The normalized spacial score (nSPS) is 21.3. The number of rotatable bonds is 4. The number of nitrogens with zero attached hydrogens (tertiary/aromatic N) is 2. The predicted octanol–water partition coefficient (Wildman–Crippen LogP) is 0.800. The number of nitrogens with one attached hydrogen (secondary N) is 3. The molecule has 3 N–H and O–H groups in total. The Morgan fingerprint density at radius 3 is 2.73 bits per heavy atom. The zero-order valence-electron chi connectivity index (χ0n) is 15.0. The first-order chi connectivity index (χ1) is 12.5. The van der Waals surface area contributed by atoms with Crippen LogP contribution in [0, 0.1) is 6.92 Å². The van der Waals surface area contributed by atoms with Gasteiger partial charge in [0.25, 0.3) is 5.91 Å². The molecule has 3 amide bonds. The van der Waals surface area contributed by atoms with E-state index in [2.05, 4.69) is 26.1 Å². The highest BCUT2D eigenvalue weighted by atomic mass is 32.1. The fraction of sp³-hybridized carbons (Fsp3) is 0.688. The summed E-state index contributed by atoms with van der Waals surface area (Å²) in [7, 11) is 0. The maximum Gasteiger partial charge on any atom is 0.333 e. The van der Waals surface area contributed by atoms with Gasteiger partial charge in [-0.3, -0.25) is 10.2 Å². The van der Waals surface area contributed by atoms with Gasteiger partial charge in [-0.05, 0) is 26.7 Å². The molecule has 2 saturated heterocycles. The van der Waals surface area contributed by atoms with Crippen molar-refractivity contribution >= 4 is 28.4 Å². The highest BCUT2D eigenvalue weighted by Gasteiger charge is 2.24. The number of morpholine rings is 1. The SMILES string of the molecule is Cc1nc(N2CCOCC2)sc1C(=O)NNC(=O)NC(C)C1CCCO1. The molecule has 0 saturated carbocycles. The van der Waals surface area contributed by atoms with E-state index in [1.165, 1.54) is 11.3 Å². The lowest BCUT2D eigenvalue weighted by atomic mass is 10.1. The van der Waals surface area contributed by atoms with E-state index < -0.39 is 6.03 Å². The second-order valence-corrected chi connectivity index (χ2v) is 7.38. The van der Waals surface area contributed by atoms with E-state index >= 15 is 0 Å². The number of carbonyl (C=O) groups is 2. The van der Waals surface area contributed by atoms with Crippen molar-refractivity contribution in [3.63, 3.8) is 0 Å². The van der Waals surface area contributed by atoms with Crippen molar-refractivity contribution in [1.82, 2.24) is 21.2 Å². The molecule has 0 bridgehead atoms. The molecule has 2 aliphatic heterocycles. The topological polar surface area (TPSA) is 105 Å². The van der Waals surface area contributed by atoms with Gasteiger partial charge in [0.05, 0.1) is 31.1 Å². The summed E-state index contributed by atoms with van der Waals surface area (Å²) in [5.74, 6) is -0.376. The van der Waals surface area contributed by atoms with Crippen molar-refractivity contribution in [2.75, 3.05) is 37.8 Å². The predicted molar refractivity (Wildman–Crippen MR) is 97.5 cm³/mol. The van der Waals surface area contributed by atoms with Crippen molar-refractivity contribution in [2.45, 2.75) is 38.8 Å². The smallest absolute Gasteiger partial charge is 0.333 e. The van der Waals surface area contributed by atoms with Crippen LogP contribution in [0.5, 0.6) is 0 Å². The molecule has 0 aromatic carbocycles. The molecule has 2 atom stereocenters. The first-order valence-corrected chi connectivity index (χ1v) is 9.65. The molecule has 10 heteroatoms. The van der Waals surface area contributed by atoms with Crippen LogP contribution in [0.2, 0.25) is 0 Å². The molecule has 9 nitrogen and oxygen atoms in total. The highest BCUT2D eigenvalue weighted by Crippen LogP contribution is 2.26. The average Bonchev–Trinajstić information content (AvgIpc) is 3.30. The third kappa shape index (κ3) is 4.63. The lowest BCUT2D eigenvalue weighted by Gasteiger charge is -2.25. The van der Waals surface area contributed by atoms with Gasteiger partial charge in [0.15, 0.2) is 5.13 Å². The van der Waals surface area contributed by atoms with Crippen molar-refractivity contribution < 1.29 is 19.1 Å². The molecule has 0 aliphatic carbocycles. The molecule has 1 aromatic heterocycles. The molecule has 1 aromatic rings. The number of thiazole rings is 1. The van der Waals surface area contributed by atoms with Gasteiger partial charge >= 0.3 is 6.03 Å². The van der Waals surface area contributed by atoms with Crippen LogP contribution in [0.4, 0.5) is 9.93 Å². The van der Waals surface area contributed by atoms with Gasteiger partial charge in [-0.15, -0.1) is 0 Å². The van der Waals surface area contributed by atoms with Crippen LogP contribution in [0.15, 0.2) is 0 Å². The molecule has 2 aliphatic rings. The van der Waals surface area contributed by atoms with Crippen molar-refractivity contribution in [3.8, 4) is 0 Å². The van der Waals surface area contributed by atoms with Gasteiger partial charge < -0.3 is 19.7 Å². The first kappa shape index (κ1) is 18.9. The second-order valence-electron chi connectivity index (χ2n) is 6.40. The Labute approximate surface area is 156 Å². The minimum atomic E-state index is -0.461. The molecule has 26 heavy (non-hydrogen) atoms. The van der Waals surface area contributed by atoms with Gasteiger partial charge in [-0.2, -0.15) is 0 Å². The van der Waals surface area contributed by atoms with Crippen LogP contribution in [0.3, 0.4) is 0 Å². The first-order valence-electron chi connectivity index (χ1n) is 8.83. The van der Waals surface area contributed by atoms with Crippen LogP contribution >= 0.6 is 11.3 Å². The van der Waals surface area contributed by atoms with Crippen molar-refractivity contribution in [1.29, 1.82) is 0 Å². The van der Waals surface area contributed by atoms with Crippen LogP contribution < -0.4 is 21.1 Å². The third-order valence-corrected chi connectivity index (χ3v) is 5.66. The summed E-state index contributed by atoms with van der Waals surface area (Å²) in [6.07, 6.45) is 1.96. The highest BCUT2D eigenvalue weighted by molar-refractivity contribution is 7.17. The Kier molecular flexibility index (Phi) is 6.28. The Hall–Kier alpha value is -1.91. The molecule has 3 heterocycles. The Morgan fingerprint density at radius 1 is 1.27 bits per heavy atom. The number of carbonyl (C=O) groups excluding carboxylic acids is 2. The van der Waals surface area contributed by atoms with E-state index in [-0.39, 0.29) is 18.1 Å². The molecule has 0 radical (unpaired) electrons. The zero-order valence-corrected chi connectivity index (χ0v) is 15.9. The lowest BCUT2D eigenvalue weighted by Crippen LogP contribution is -2.51. The maximum absolute atomic E-state index is 12.4. The van der Waals surface area contributed by atoms with Gasteiger partial charge in [-0.25, -0.2) is 15.2 Å². The summed E-state index contributed by atoms with van der Waals surface area (Å²) in [6.45, 7) is 7.24. The number of ether oxygens (including phenoxy) is 2. The standard InChI is InChI=1S/C16H25N5O4S/c1-10(12-4-3-7-25-12)17-15(23)20-19-14(22)13-11(2)18-16(26-13)21-5-8-24-9-6-21/h10,12H,3-9H2,1-2H3,(H,19,22)(H2,17,20,23). The summed E-state index contributed by atoms with van der Waals surface area (Å²) in [4.78, 5) is 31.4. The van der Waals surface area contributed by atoms with E-state index in [4.69, 9.17) is 9.47 Å². The number of anilines is 1. The van der Waals surface area contributed by atoms with Crippen LogP contribution in [-0.2, 0) is 9.47 Å². The zero-order chi connectivity index (χ0) is 18.5. The Morgan fingerprint density at radius 2 is 2.04 bits per heavy atom. The molecule has 0 spiro atoms. The van der Waals surface area contributed by atoms with Gasteiger partial charge in [0.2, 0.25) is 0 Å². The third-order valence-electron chi connectivity index (χ3n) is 4.44. The summed E-state index contributed by atoms with van der Waals surface area (Å²) in [5, 5.41) is 3.57. The Balaban J connectivity index is 1.49. The minimum absolute atomic E-state index is 0.0243. The van der Waals surface area contributed by atoms with Crippen LogP contribution in [0.25, 0.3) is 0 Å². The summed E-state index contributed by atoms with van der Waals surface area (Å²) < 4.78 is 10.9. The summed E-state index contributed by atoms with van der Waals surface area (Å²) >= 11 is 1.32. The van der Waals surface area contributed by atoms with Crippen LogP contribution in [0.1, 0.15) is 35.1 Å². The average molecular weight is 383 g/mol. The fourth-order valence-electron chi connectivity index (χ4n) is 2.99. The fourth-order valence-corrected chi connectivity index (χ4v) is 4.00. The minimum Gasteiger partial charge on any atom is -0.378 e. The van der Waals surface area contributed by atoms with E-state index in [9.17, 15) is 9.59 Å². The van der Waals surface area contributed by atoms with E-state index in [0.29, 0.717) is 23.8 Å². The number of amides is 3. The summed E-state index contributed by atoms with van der Waals surface area (Å²) in [5.41, 5.74) is 5.47. The molecule has 2 fully saturated rings. The monoisotopic (exact) mass is 383 g/mol. The summed E-state index contributed by atoms with van der Waals surface area (Å²) in [6, 6.07) is -0.579. The Bertz CT molecular complexity index is 641. The number of aryl methyl sites for hydroxylation is 1. The molecule has 144 valence electrons. The number of urea groups is 1. The molecule has 3 rings (SSSR count). The molecule has 2 unspecified atom stereocenters. The number of hydrazine groups is 1. The quantitative estimate of drug-likeness (QED) is 0.665. The second kappa shape index (κ2) is 8.65. The van der Waals surface area contributed by atoms with Gasteiger partial charge in [0.1, 0.15) is 4.88 Å². The van der Waals surface area contributed by atoms with E-state index in [1.807, 2.05) is 6.92 Å². The molecular weight excluding hydrogens is 358 g/mol. The molecular formula is C16H25N5O4S. The van der Waals surface area contributed by atoms with E-state index in [1.54, 1.807) is 6.92 Å². The number of hydrogen-bond acceptors (Lipinski definition) is 7. The largest absolute Gasteiger partial charge is 0.378 e. The van der Waals surface area contributed by atoms with Gasteiger partial charge in [-0.1, -0.05) is 11.3 Å². The van der Waals surface area contributed by atoms with Gasteiger partial charge in [0, 0.05) is 19.7 Å².